The molecule has 2 rings (SSSR count). The minimum Gasteiger partial charge on any atom is -0.478 e. The van der Waals surface area contributed by atoms with E-state index in [0.717, 1.165) is 38.5 Å². The largest absolute Gasteiger partial charge is 0.478 e. The van der Waals surface area contributed by atoms with E-state index in [2.05, 4.69) is 84.4 Å². The zero-order valence-electron chi connectivity index (χ0n) is 28.6. The number of ether oxygens (including phenoxy) is 1. The molecule has 48 heavy (non-hydrogen) atoms. The topological polar surface area (TPSA) is 84.5 Å². The van der Waals surface area contributed by atoms with Crippen LogP contribution in [-0.2, 0) is 9.59 Å². The van der Waals surface area contributed by atoms with Crippen molar-refractivity contribution in [1.29, 1.82) is 0 Å². The van der Waals surface area contributed by atoms with E-state index in [1.807, 2.05) is 6.08 Å². The number of hydrogen-bond donors (Lipinski definition) is 2. The van der Waals surface area contributed by atoms with Gasteiger partial charge in [0.05, 0.1) is 0 Å². The number of carbonyl (C=O) groups is 3. The minimum atomic E-state index is -1.15. The summed E-state index contributed by atoms with van der Waals surface area (Å²) in [6, 6.07) is 13.4. The molecule has 2 N–H and O–H groups in total. The molecular weight excluding hydrogens is 620 g/mol. The lowest BCUT2D eigenvalue weighted by Gasteiger charge is -2.25. The predicted octanol–water partition coefficient (Wildman–Crippen LogP) is 9.44. The fourth-order valence-corrected chi connectivity index (χ4v) is 4.44. The molecular formula is C41H51ClN2O4. The highest BCUT2D eigenvalue weighted by atomic mass is 35.5. The van der Waals surface area contributed by atoms with E-state index in [4.69, 9.17) is 16.3 Å². The van der Waals surface area contributed by atoms with E-state index in [1.165, 1.54) is 0 Å². The van der Waals surface area contributed by atoms with Crippen molar-refractivity contribution in [3.8, 4) is 5.75 Å². The second-order valence-electron chi connectivity index (χ2n) is 11.5. The van der Waals surface area contributed by atoms with Gasteiger partial charge in [-0.05, 0) is 107 Å². The van der Waals surface area contributed by atoms with Gasteiger partial charge in [0.1, 0.15) is 5.75 Å². The van der Waals surface area contributed by atoms with Gasteiger partial charge in [-0.1, -0.05) is 91.4 Å². The Hall–Kier alpha value is -4.42. The molecule has 0 bridgehead atoms. The van der Waals surface area contributed by atoms with Gasteiger partial charge in [-0.2, -0.15) is 0 Å². The van der Waals surface area contributed by atoms with E-state index in [0.29, 0.717) is 41.3 Å². The fraction of sp³-hybridized carbons (Fsp3) is 0.341. The van der Waals surface area contributed by atoms with Crippen LogP contribution in [0.5, 0.6) is 5.75 Å². The molecule has 0 spiro atoms. The second kappa shape index (κ2) is 23.8. The lowest BCUT2D eigenvalue weighted by molar-refractivity contribution is -0.134. The summed E-state index contributed by atoms with van der Waals surface area (Å²) in [6.07, 6.45) is 32.7. The summed E-state index contributed by atoms with van der Waals surface area (Å²) < 4.78 is 5.90. The molecule has 7 heteroatoms. The summed E-state index contributed by atoms with van der Waals surface area (Å²) in [7, 11) is 0. The molecule has 0 aliphatic carbocycles. The third kappa shape index (κ3) is 17.5. The molecule has 2 amide bonds. The van der Waals surface area contributed by atoms with Gasteiger partial charge < -0.3 is 15.4 Å². The molecule has 2 aromatic rings. The Morgan fingerprint density at radius 3 is 1.58 bits per heavy atom. The zero-order valence-corrected chi connectivity index (χ0v) is 29.4. The van der Waals surface area contributed by atoms with E-state index in [-0.39, 0.29) is 24.1 Å². The number of ketones is 1. The van der Waals surface area contributed by atoms with Gasteiger partial charge in [0.15, 0.2) is 11.4 Å². The minimum absolute atomic E-state index is 0.0625. The standard InChI is InChI=1S/C41H51ClN2O4/c1-4-5-6-7-8-9-10-11-12-13-14-15-16-17-18-19-20-21-22-23-38(45)43-32-33-44-40(47)41(2,3)48-37-30-26-35(27-31-37)39(46)34-24-28-36(42)29-25-34/h5-6,8-9,11-12,14-15,17-18,20-21,24-31H,4,7,10,13,16,19,22-23,32-33H2,1-3H3,(H,43,45)(H,44,47). The Morgan fingerprint density at radius 1 is 0.646 bits per heavy atom. The van der Waals surface area contributed by atoms with E-state index in [1.54, 1.807) is 62.4 Å². The molecule has 0 saturated heterocycles. The van der Waals surface area contributed by atoms with Gasteiger partial charge in [-0.3, -0.25) is 14.4 Å². The second-order valence-corrected chi connectivity index (χ2v) is 12.0. The van der Waals surface area contributed by atoms with Crippen LogP contribution in [0.4, 0.5) is 0 Å². The summed E-state index contributed by atoms with van der Waals surface area (Å²) in [6.45, 7) is 6.09. The molecule has 0 aliphatic heterocycles. The number of amides is 2. The SMILES string of the molecule is CCC=CCC=CCC=CCC=CCC=CCC=CCCC(=O)NCCNC(=O)C(C)(C)Oc1ccc(C(=O)c2ccc(Cl)cc2)cc1. The maximum absolute atomic E-state index is 12.7. The molecule has 2 aromatic carbocycles. The van der Waals surface area contributed by atoms with E-state index in [9.17, 15) is 14.4 Å². The highest BCUT2D eigenvalue weighted by molar-refractivity contribution is 6.30. The third-order valence-corrected chi connectivity index (χ3v) is 7.26. The van der Waals surface area contributed by atoms with Crippen LogP contribution in [0.25, 0.3) is 0 Å². The molecule has 0 atom stereocenters. The molecule has 0 aliphatic rings. The fourth-order valence-electron chi connectivity index (χ4n) is 4.32. The van der Waals surface area contributed by atoms with Gasteiger partial charge in [0, 0.05) is 35.7 Å². The summed E-state index contributed by atoms with van der Waals surface area (Å²) in [5, 5.41) is 6.20. The molecule has 6 nitrogen and oxygen atoms in total. The molecule has 0 unspecified atom stereocenters. The van der Waals surface area contributed by atoms with Crippen LogP contribution in [-0.4, -0.2) is 36.3 Å². The Kier molecular flexibility index (Phi) is 19.7. The average Bonchev–Trinajstić information content (AvgIpc) is 3.07. The molecule has 256 valence electrons. The third-order valence-electron chi connectivity index (χ3n) is 7.01. The highest BCUT2D eigenvalue weighted by Gasteiger charge is 2.29. The summed E-state index contributed by atoms with van der Waals surface area (Å²) in [5.41, 5.74) is -0.112. The highest BCUT2D eigenvalue weighted by Crippen LogP contribution is 2.21. The number of allylic oxidation sites excluding steroid dienone is 12. The normalized spacial score (nSPS) is 12.3. The number of benzene rings is 2. The Bertz CT molecular complexity index is 1430. The van der Waals surface area contributed by atoms with Crippen LogP contribution in [0.2, 0.25) is 5.02 Å². The first-order chi connectivity index (χ1) is 23.2. The predicted molar refractivity (Wildman–Crippen MR) is 200 cm³/mol. The Morgan fingerprint density at radius 2 is 1.08 bits per heavy atom. The molecule has 0 saturated carbocycles. The first-order valence-electron chi connectivity index (χ1n) is 16.8. The van der Waals surface area contributed by atoms with Gasteiger partial charge in [-0.15, -0.1) is 0 Å². The van der Waals surface area contributed by atoms with Crippen molar-refractivity contribution in [2.75, 3.05) is 13.1 Å². The molecule has 0 heterocycles. The van der Waals surface area contributed by atoms with Crippen molar-refractivity contribution < 1.29 is 19.1 Å². The summed E-state index contributed by atoms with van der Waals surface area (Å²) in [4.78, 5) is 37.5. The van der Waals surface area contributed by atoms with Crippen molar-refractivity contribution in [2.24, 2.45) is 0 Å². The van der Waals surface area contributed by atoms with Crippen LogP contribution in [0.1, 0.15) is 88.1 Å². The lowest BCUT2D eigenvalue weighted by atomic mass is 10.0. The smallest absolute Gasteiger partial charge is 0.263 e. The monoisotopic (exact) mass is 670 g/mol. The molecule has 0 aromatic heterocycles. The van der Waals surface area contributed by atoms with Crippen molar-refractivity contribution in [3.63, 3.8) is 0 Å². The van der Waals surface area contributed by atoms with Gasteiger partial charge in [0.25, 0.3) is 5.91 Å². The summed E-state index contributed by atoms with van der Waals surface area (Å²) in [5.74, 6) is -0.0382. The number of carbonyl (C=O) groups excluding carboxylic acids is 3. The van der Waals surface area contributed by atoms with Crippen LogP contribution in [0.15, 0.2) is 121 Å². The van der Waals surface area contributed by atoms with Gasteiger partial charge in [0.2, 0.25) is 5.91 Å². The van der Waals surface area contributed by atoms with Crippen LogP contribution >= 0.6 is 11.6 Å². The van der Waals surface area contributed by atoms with Gasteiger partial charge in [-0.25, -0.2) is 0 Å². The van der Waals surface area contributed by atoms with Crippen molar-refractivity contribution >= 4 is 29.2 Å². The van der Waals surface area contributed by atoms with Gasteiger partial charge >= 0.3 is 0 Å². The Balaban J connectivity index is 1.54. The first-order valence-corrected chi connectivity index (χ1v) is 17.1. The summed E-state index contributed by atoms with van der Waals surface area (Å²) >= 11 is 5.91. The zero-order chi connectivity index (χ0) is 34.9. The van der Waals surface area contributed by atoms with E-state index >= 15 is 0 Å². The van der Waals surface area contributed by atoms with Crippen molar-refractivity contribution in [1.82, 2.24) is 10.6 Å². The first kappa shape index (κ1) is 39.8. The average molecular weight is 671 g/mol. The van der Waals surface area contributed by atoms with Crippen LogP contribution < -0.4 is 15.4 Å². The van der Waals surface area contributed by atoms with Crippen LogP contribution in [0.3, 0.4) is 0 Å². The quantitative estimate of drug-likeness (QED) is 0.0743. The molecule has 0 fully saturated rings. The Labute approximate surface area is 292 Å². The number of rotatable bonds is 22. The number of hydrogen-bond acceptors (Lipinski definition) is 4. The maximum atomic E-state index is 12.7. The van der Waals surface area contributed by atoms with Crippen LogP contribution in [0, 0.1) is 0 Å². The number of halogens is 1. The number of nitrogens with one attached hydrogen (secondary N) is 2. The maximum Gasteiger partial charge on any atom is 0.263 e. The molecule has 0 radical (unpaired) electrons. The van der Waals surface area contributed by atoms with Crippen molar-refractivity contribution in [3.05, 3.63) is 138 Å². The van der Waals surface area contributed by atoms with E-state index < -0.39 is 5.60 Å². The lowest BCUT2D eigenvalue weighted by Crippen LogP contribution is -2.48. The van der Waals surface area contributed by atoms with Crippen molar-refractivity contribution in [2.45, 2.75) is 77.7 Å².